The fraction of sp³-hybridized carbons (Fsp3) is 0.571. The van der Waals surface area contributed by atoms with Gasteiger partial charge < -0.3 is 10.6 Å². The smallest absolute Gasteiger partial charge is 0.107 e. The van der Waals surface area contributed by atoms with E-state index in [1.165, 1.54) is 18.5 Å². The molecule has 1 aliphatic rings. The first-order chi connectivity index (χ1) is 8.49. The van der Waals surface area contributed by atoms with Gasteiger partial charge in [0.15, 0.2) is 0 Å². The van der Waals surface area contributed by atoms with Crippen LogP contribution in [0.2, 0.25) is 0 Å². The minimum Gasteiger partial charge on any atom is -0.389 e. The van der Waals surface area contributed by atoms with Crippen LogP contribution in [0.1, 0.15) is 36.7 Å². The molecule has 1 aromatic heterocycles. The maximum atomic E-state index is 5.86. The maximum absolute atomic E-state index is 5.86. The van der Waals surface area contributed by atoms with Crippen molar-refractivity contribution in [3.8, 4) is 0 Å². The summed E-state index contributed by atoms with van der Waals surface area (Å²) in [6.07, 6.45) is 2.47. The molecule has 0 unspecified atom stereocenters. The number of hydrogen-bond acceptors (Lipinski definition) is 3. The second-order valence-corrected chi connectivity index (χ2v) is 5.72. The van der Waals surface area contributed by atoms with E-state index in [0.717, 1.165) is 36.0 Å². The van der Waals surface area contributed by atoms with E-state index in [2.05, 4.69) is 22.9 Å². The predicted molar refractivity (Wildman–Crippen MR) is 80.2 cm³/mol. The average molecular weight is 263 g/mol. The van der Waals surface area contributed by atoms with Gasteiger partial charge in [-0.15, -0.1) is 0 Å². The highest BCUT2D eigenvalue weighted by Crippen LogP contribution is 2.28. The topological polar surface area (TPSA) is 42.1 Å². The van der Waals surface area contributed by atoms with Gasteiger partial charge in [-0.2, -0.15) is 0 Å². The molecule has 2 heterocycles. The van der Waals surface area contributed by atoms with Crippen molar-refractivity contribution in [1.29, 1.82) is 0 Å². The Balaban J connectivity index is 2.39. The van der Waals surface area contributed by atoms with Crippen molar-refractivity contribution in [2.45, 2.75) is 33.6 Å². The van der Waals surface area contributed by atoms with Gasteiger partial charge in [0.1, 0.15) is 4.99 Å². The number of thiocarbonyl (C=S) groups is 1. The fourth-order valence-electron chi connectivity index (χ4n) is 2.61. The Morgan fingerprint density at radius 1 is 1.39 bits per heavy atom. The molecule has 1 saturated heterocycles. The molecule has 2 N–H and O–H groups in total. The van der Waals surface area contributed by atoms with Crippen molar-refractivity contribution in [3.63, 3.8) is 0 Å². The third kappa shape index (κ3) is 2.64. The van der Waals surface area contributed by atoms with E-state index in [-0.39, 0.29) is 0 Å². The van der Waals surface area contributed by atoms with Crippen LogP contribution in [0.3, 0.4) is 0 Å². The molecule has 1 aromatic rings. The molecule has 0 amide bonds. The normalized spacial score (nSPS) is 16.9. The summed E-state index contributed by atoms with van der Waals surface area (Å²) in [6, 6.07) is 2.11. The minimum atomic E-state index is 0.452. The zero-order valence-electron chi connectivity index (χ0n) is 11.4. The van der Waals surface area contributed by atoms with E-state index in [1.807, 2.05) is 13.8 Å². The van der Waals surface area contributed by atoms with Crippen LogP contribution in [-0.4, -0.2) is 23.1 Å². The molecule has 0 spiro atoms. The van der Waals surface area contributed by atoms with Crippen LogP contribution in [-0.2, 0) is 0 Å². The second-order valence-electron chi connectivity index (χ2n) is 5.28. The van der Waals surface area contributed by atoms with Crippen LogP contribution < -0.4 is 10.6 Å². The van der Waals surface area contributed by atoms with Gasteiger partial charge in [-0.3, -0.25) is 4.98 Å². The average Bonchev–Trinajstić information content (AvgIpc) is 2.28. The summed E-state index contributed by atoms with van der Waals surface area (Å²) >= 11 is 5.18. The van der Waals surface area contributed by atoms with Crippen molar-refractivity contribution in [2.75, 3.05) is 18.0 Å². The van der Waals surface area contributed by atoms with Crippen LogP contribution in [0.5, 0.6) is 0 Å². The summed E-state index contributed by atoms with van der Waals surface area (Å²) in [4.78, 5) is 7.32. The highest BCUT2D eigenvalue weighted by Gasteiger charge is 2.21. The lowest BCUT2D eigenvalue weighted by Gasteiger charge is -2.33. The molecule has 0 bridgehead atoms. The van der Waals surface area contributed by atoms with E-state index in [9.17, 15) is 0 Å². The van der Waals surface area contributed by atoms with Crippen molar-refractivity contribution < 1.29 is 0 Å². The van der Waals surface area contributed by atoms with E-state index in [0.29, 0.717) is 4.99 Å². The van der Waals surface area contributed by atoms with Gasteiger partial charge in [-0.25, -0.2) is 0 Å². The standard InChI is InChI=1S/C14H21N3S/c1-9-4-6-17(7-5-9)12-8-10(2)16-11(3)13(12)14(15)18/h8-9H,4-7H2,1-3H3,(H2,15,18). The summed E-state index contributed by atoms with van der Waals surface area (Å²) in [6.45, 7) is 8.48. The van der Waals surface area contributed by atoms with Crippen molar-refractivity contribution in [1.82, 2.24) is 4.98 Å². The molecule has 0 aliphatic carbocycles. The highest BCUT2D eigenvalue weighted by atomic mass is 32.1. The first kappa shape index (κ1) is 13.3. The number of piperidine rings is 1. The fourth-order valence-corrected chi connectivity index (χ4v) is 2.86. The Morgan fingerprint density at radius 3 is 2.56 bits per heavy atom. The number of rotatable bonds is 2. The molecule has 0 radical (unpaired) electrons. The third-order valence-electron chi connectivity index (χ3n) is 3.68. The Hall–Kier alpha value is -1.16. The monoisotopic (exact) mass is 263 g/mol. The Labute approximate surface area is 114 Å². The highest BCUT2D eigenvalue weighted by molar-refractivity contribution is 7.80. The third-order valence-corrected chi connectivity index (χ3v) is 3.88. The molecule has 4 heteroatoms. The number of hydrogen-bond donors (Lipinski definition) is 1. The van der Waals surface area contributed by atoms with Gasteiger partial charge >= 0.3 is 0 Å². The van der Waals surface area contributed by atoms with Gasteiger partial charge in [-0.1, -0.05) is 19.1 Å². The molecule has 1 fully saturated rings. The van der Waals surface area contributed by atoms with Crippen molar-refractivity contribution in [2.24, 2.45) is 11.7 Å². The van der Waals surface area contributed by atoms with Gasteiger partial charge in [0.2, 0.25) is 0 Å². The van der Waals surface area contributed by atoms with Gasteiger partial charge in [0.25, 0.3) is 0 Å². The number of aromatic nitrogens is 1. The largest absolute Gasteiger partial charge is 0.389 e. The molecule has 2 rings (SSSR count). The molecule has 1 aliphatic heterocycles. The van der Waals surface area contributed by atoms with Gasteiger partial charge in [-0.05, 0) is 38.7 Å². The zero-order valence-corrected chi connectivity index (χ0v) is 12.2. The molecule has 98 valence electrons. The Morgan fingerprint density at radius 2 is 2.00 bits per heavy atom. The van der Waals surface area contributed by atoms with E-state index in [4.69, 9.17) is 18.0 Å². The quantitative estimate of drug-likeness (QED) is 0.833. The number of anilines is 1. The van der Waals surface area contributed by atoms with Gasteiger partial charge in [0.05, 0.1) is 11.3 Å². The second kappa shape index (κ2) is 5.22. The van der Waals surface area contributed by atoms with Crippen molar-refractivity contribution >= 4 is 22.9 Å². The van der Waals surface area contributed by atoms with Crippen LogP contribution in [0.15, 0.2) is 6.07 Å². The number of nitrogens with two attached hydrogens (primary N) is 1. The number of nitrogens with zero attached hydrogens (tertiary/aromatic N) is 2. The van der Waals surface area contributed by atoms with Crippen LogP contribution in [0.4, 0.5) is 5.69 Å². The SMILES string of the molecule is Cc1cc(N2CCC(C)CC2)c(C(N)=S)c(C)n1. The predicted octanol–water partition coefficient (Wildman–Crippen LogP) is 2.57. The molecular weight excluding hydrogens is 242 g/mol. The summed E-state index contributed by atoms with van der Waals surface area (Å²) in [5, 5.41) is 0. The maximum Gasteiger partial charge on any atom is 0.107 e. The van der Waals surface area contributed by atoms with E-state index < -0.39 is 0 Å². The number of pyridine rings is 1. The lowest BCUT2D eigenvalue weighted by atomic mass is 9.98. The van der Waals surface area contributed by atoms with Crippen LogP contribution >= 0.6 is 12.2 Å². The summed E-state index contributed by atoms with van der Waals surface area (Å²) < 4.78 is 0. The number of aryl methyl sites for hydroxylation is 2. The first-order valence-corrected chi connectivity index (χ1v) is 6.93. The lowest BCUT2D eigenvalue weighted by molar-refractivity contribution is 0.438. The summed E-state index contributed by atoms with van der Waals surface area (Å²) in [7, 11) is 0. The molecule has 0 atom stereocenters. The molecule has 0 aromatic carbocycles. The Bertz CT molecular complexity index is 462. The molecular formula is C14H21N3S. The van der Waals surface area contributed by atoms with Crippen molar-refractivity contribution in [3.05, 3.63) is 23.0 Å². The zero-order chi connectivity index (χ0) is 13.3. The van der Waals surface area contributed by atoms with E-state index >= 15 is 0 Å². The first-order valence-electron chi connectivity index (χ1n) is 6.52. The summed E-state index contributed by atoms with van der Waals surface area (Å²) in [5.41, 5.74) is 9.95. The van der Waals surface area contributed by atoms with Crippen LogP contribution in [0.25, 0.3) is 0 Å². The summed E-state index contributed by atoms with van der Waals surface area (Å²) in [5.74, 6) is 0.818. The van der Waals surface area contributed by atoms with Gasteiger partial charge in [0, 0.05) is 24.5 Å². The lowest BCUT2D eigenvalue weighted by Crippen LogP contribution is -2.34. The molecule has 3 nitrogen and oxygen atoms in total. The minimum absolute atomic E-state index is 0.452. The Kier molecular flexibility index (Phi) is 3.85. The van der Waals surface area contributed by atoms with Crippen LogP contribution in [0, 0.1) is 19.8 Å². The molecule has 0 saturated carbocycles. The molecule has 18 heavy (non-hydrogen) atoms. The van der Waals surface area contributed by atoms with E-state index in [1.54, 1.807) is 0 Å².